The van der Waals surface area contributed by atoms with E-state index in [0.717, 1.165) is 12.5 Å². The topological polar surface area (TPSA) is 23.5 Å². The Morgan fingerprint density at radius 1 is 1.35 bits per heavy atom. The Morgan fingerprint density at radius 2 is 2.12 bits per heavy atom. The Hall–Kier alpha value is -0.340. The summed E-state index contributed by atoms with van der Waals surface area (Å²) in [5, 5.41) is 11.0. The molecule has 0 aromatic carbocycles. The molecule has 1 aliphatic carbocycles. The van der Waals surface area contributed by atoms with Gasteiger partial charge in [0.25, 0.3) is 0 Å². The minimum Gasteiger partial charge on any atom is -0.388 e. The molecule has 2 heteroatoms. The predicted octanol–water partition coefficient (Wildman–Crippen LogP) is 2.58. The van der Waals surface area contributed by atoms with Gasteiger partial charge in [-0.25, -0.2) is 0 Å². The second kappa shape index (κ2) is 4.10. The van der Waals surface area contributed by atoms with Crippen molar-refractivity contribution in [2.45, 2.75) is 57.6 Å². The van der Waals surface area contributed by atoms with E-state index in [2.05, 4.69) is 24.8 Å². The van der Waals surface area contributed by atoms with Crippen molar-refractivity contribution in [3.05, 3.63) is 11.6 Å². The zero-order valence-corrected chi connectivity index (χ0v) is 11.2. The molecule has 2 nitrogen and oxygen atoms in total. The van der Waals surface area contributed by atoms with Crippen LogP contribution >= 0.6 is 0 Å². The smallest absolute Gasteiger partial charge is 0.0840 e. The first kappa shape index (κ1) is 11.7. The second-order valence-corrected chi connectivity index (χ2v) is 6.58. The normalized spacial score (nSPS) is 47.0. The van der Waals surface area contributed by atoms with Gasteiger partial charge in [-0.2, -0.15) is 0 Å². The highest BCUT2D eigenvalue weighted by molar-refractivity contribution is 5.18. The summed E-state index contributed by atoms with van der Waals surface area (Å²) in [5.41, 5.74) is 0.950. The molecule has 3 aliphatic rings. The van der Waals surface area contributed by atoms with Crippen LogP contribution < -0.4 is 0 Å². The summed E-state index contributed by atoms with van der Waals surface area (Å²) in [6.07, 6.45) is 8.75. The van der Waals surface area contributed by atoms with Crippen LogP contribution in [0.3, 0.4) is 0 Å². The molecule has 1 N–H and O–H groups in total. The molecule has 1 saturated carbocycles. The molecule has 0 bridgehead atoms. The van der Waals surface area contributed by atoms with Crippen LogP contribution in [0.15, 0.2) is 11.6 Å². The molecule has 4 atom stereocenters. The van der Waals surface area contributed by atoms with Crippen LogP contribution in [0.25, 0.3) is 0 Å². The van der Waals surface area contributed by atoms with Crippen LogP contribution in [0.5, 0.6) is 0 Å². The van der Waals surface area contributed by atoms with Crippen molar-refractivity contribution in [3.63, 3.8) is 0 Å². The van der Waals surface area contributed by atoms with E-state index in [9.17, 15) is 5.11 Å². The predicted molar refractivity (Wildman–Crippen MR) is 69.8 cm³/mol. The first-order valence-corrected chi connectivity index (χ1v) is 7.23. The fraction of sp³-hybridized carbons (Fsp3) is 0.867. The Kier molecular flexibility index (Phi) is 2.83. The van der Waals surface area contributed by atoms with Crippen LogP contribution in [0.1, 0.15) is 46.0 Å². The summed E-state index contributed by atoms with van der Waals surface area (Å²) in [4.78, 5) is 2.53. The lowest BCUT2D eigenvalue weighted by atomic mass is 9.64. The highest BCUT2D eigenvalue weighted by Gasteiger charge is 2.50. The number of fused-ring (bicyclic) bond motifs is 2. The highest BCUT2D eigenvalue weighted by atomic mass is 16.3. The van der Waals surface area contributed by atoms with Crippen molar-refractivity contribution in [3.8, 4) is 0 Å². The molecule has 2 aliphatic heterocycles. The quantitative estimate of drug-likeness (QED) is 0.652. The Morgan fingerprint density at radius 3 is 2.94 bits per heavy atom. The average molecular weight is 235 g/mol. The molecular formula is C15H25NO. The summed E-state index contributed by atoms with van der Waals surface area (Å²) in [5.74, 6) is 1.27. The molecule has 0 aromatic heterocycles. The first-order chi connectivity index (χ1) is 8.09. The molecule has 2 heterocycles. The van der Waals surface area contributed by atoms with Gasteiger partial charge in [0.15, 0.2) is 0 Å². The molecule has 1 saturated heterocycles. The Bertz CT molecular complexity index is 334. The van der Waals surface area contributed by atoms with Gasteiger partial charge in [0.05, 0.1) is 11.6 Å². The van der Waals surface area contributed by atoms with Gasteiger partial charge < -0.3 is 5.11 Å². The number of hydrogen-bond acceptors (Lipinski definition) is 2. The minimum atomic E-state index is -0.509. The van der Waals surface area contributed by atoms with Crippen molar-refractivity contribution < 1.29 is 5.11 Å². The van der Waals surface area contributed by atoms with Crippen molar-refractivity contribution in [2.75, 3.05) is 13.1 Å². The van der Waals surface area contributed by atoms with E-state index in [1.807, 2.05) is 0 Å². The number of aliphatic hydroxyl groups is 1. The second-order valence-electron chi connectivity index (χ2n) is 6.58. The van der Waals surface area contributed by atoms with Crippen molar-refractivity contribution in [1.29, 1.82) is 0 Å². The van der Waals surface area contributed by atoms with Gasteiger partial charge in [-0.1, -0.05) is 24.5 Å². The van der Waals surface area contributed by atoms with E-state index in [0.29, 0.717) is 5.92 Å². The highest BCUT2D eigenvalue weighted by Crippen LogP contribution is 2.45. The lowest BCUT2D eigenvalue weighted by Gasteiger charge is -2.55. The molecule has 17 heavy (non-hydrogen) atoms. The number of nitrogens with zero attached hydrogens (tertiary/aromatic N) is 1. The Balaban J connectivity index is 1.91. The molecule has 2 fully saturated rings. The molecular weight excluding hydrogens is 210 g/mol. The number of piperidine rings is 1. The summed E-state index contributed by atoms with van der Waals surface area (Å²) in [7, 11) is 0. The van der Waals surface area contributed by atoms with Gasteiger partial charge in [0.1, 0.15) is 0 Å². The van der Waals surface area contributed by atoms with Gasteiger partial charge in [0.2, 0.25) is 0 Å². The molecule has 0 unspecified atom stereocenters. The van der Waals surface area contributed by atoms with Gasteiger partial charge in [0, 0.05) is 13.1 Å². The summed E-state index contributed by atoms with van der Waals surface area (Å²) in [6.45, 7) is 6.66. The third-order valence-corrected chi connectivity index (χ3v) is 5.36. The fourth-order valence-corrected chi connectivity index (χ4v) is 4.38. The SMILES string of the molecule is CC1=C[C@@H]2N(CC1)C[C@H]1CCCC[C@@H]1[C@]2(C)O. The molecule has 0 aromatic rings. The minimum absolute atomic E-state index is 0.274. The molecule has 0 spiro atoms. The lowest BCUT2D eigenvalue weighted by molar-refractivity contribution is -0.132. The first-order valence-electron chi connectivity index (χ1n) is 7.23. The van der Waals surface area contributed by atoms with E-state index in [-0.39, 0.29) is 6.04 Å². The lowest BCUT2D eigenvalue weighted by Crippen LogP contribution is -2.64. The summed E-state index contributed by atoms with van der Waals surface area (Å²) < 4.78 is 0. The van der Waals surface area contributed by atoms with Gasteiger partial charge in [-0.15, -0.1) is 0 Å². The maximum Gasteiger partial charge on any atom is 0.0840 e. The maximum absolute atomic E-state index is 11.0. The third kappa shape index (κ3) is 1.86. The zero-order valence-electron chi connectivity index (χ0n) is 11.2. The van der Waals surface area contributed by atoms with Crippen LogP contribution in [0, 0.1) is 11.8 Å². The monoisotopic (exact) mass is 235 g/mol. The van der Waals surface area contributed by atoms with Crippen LogP contribution in [0.2, 0.25) is 0 Å². The van der Waals surface area contributed by atoms with Crippen molar-refractivity contribution in [2.24, 2.45) is 11.8 Å². The fourth-order valence-electron chi connectivity index (χ4n) is 4.38. The van der Waals surface area contributed by atoms with Crippen LogP contribution in [0.4, 0.5) is 0 Å². The average Bonchev–Trinajstić information content (AvgIpc) is 2.31. The molecule has 96 valence electrons. The van der Waals surface area contributed by atoms with Gasteiger partial charge >= 0.3 is 0 Å². The van der Waals surface area contributed by atoms with Crippen LogP contribution in [-0.4, -0.2) is 34.7 Å². The van der Waals surface area contributed by atoms with E-state index in [4.69, 9.17) is 0 Å². The van der Waals surface area contributed by atoms with Gasteiger partial charge in [-0.05, 0) is 44.9 Å². The molecule has 0 amide bonds. The standard InChI is InChI=1S/C15H25NO/c1-11-7-8-16-10-12-5-3-4-6-13(12)15(2,17)14(16)9-11/h9,12-14,17H,3-8,10H2,1-2H3/t12-,13+,14+,15+/m1/s1. The molecule has 3 rings (SSSR count). The van der Waals surface area contributed by atoms with E-state index < -0.39 is 5.60 Å². The maximum atomic E-state index is 11.0. The van der Waals surface area contributed by atoms with Crippen LogP contribution in [-0.2, 0) is 0 Å². The van der Waals surface area contributed by atoms with E-state index >= 15 is 0 Å². The molecule has 0 radical (unpaired) electrons. The van der Waals surface area contributed by atoms with E-state index in [1.165, 1.54) is 44.2 Å². The third-order valence-electron chi connectivity index (χ3n) is 5.36. The van der Waals surface area contributed by atoms with E-state index in [1.54, 1.807) is 0 Å². The zero-order chi connectivity index (χ0) is 12.0. The largest absolute Gasteiger partial charge is 0.388 e. The Labute approximate surface area is 105 Å². The van der Waals surface area contributed by atoms with Crippen molar-refractivity contribution in [1.82, 2.24) is 4.90 Å². The van der Waals surface area contributed by atoms with Crippen molar-refractivity contribution >= 4 is 0 Å². The summed E-state index contributed by atoms with van der Waals surface area (Å²) >= 11 is 0. The number of rotatable bonds is 0. The summed E-state index contributed by atoms with van der Waals surface area (Å²) in [6, 6.07) is 0.274. The van der Waals surface area contributed by atoms with Gasteiger partial charge in [-0.3, -0.25) is 4.90 Å². The number of hydrogen-bond donors (Lipinski definition) is 1.